The molecule has 534 valence electrons. The molecule has 0 aliphatic heterocycles. The third kappa shape index (κ3) is 75.4. The number of carbonyl (C=O) groups is 2. The zero-order chi connectivity index (χ0) is 64.9. The van der Waals surface area contributed by atoms with Crippen LogP contribution in [0.1, 0.15) is 476 Å². The second-order valence-electron chi connectivity index (χ2n) is 28.8. The number of hydrogen-bond donors (Lipinski definition) is 3. The maximum absolute atomic E-state index is 12.5. The molecule has 1 amide bonds. The van der Waals surface area contributed by atoms with Crippen LogP contribution in [0.2, 0.25) is 0 Å². The Balaban J connectivity index is 3.31. The van der Waals surface area contributed by atoms with Crippen molar-refractivity contribution in [3.05, 3.63) is 24.3 Å². The fraction of sp³-hybridized carbons (Fsp3) is 0.929. The predicted octanol–water partition coefficient (Wildman–Crippen LogP) is 27.6. The number of esters is 1. The molecule has 0 fully saturated rings. The molecular weight excluding hydrogens is 1100 g/mol. The van der Waals surface area contributed by atoms with Crippen molar-refractivity contribution >= 4 is 11.9 Å². The lowest BCUT2D eigenvalue weighted by Gasteiger charge is -2.20. The number of hydrogen-bond acceptors (Lipinski definition) is 5. The molecule has 0 rings (SSSR count). The highest BCUT2D eigenvalue weighted by Crippen LogP contribution is 2.20. The van der Waals surface area contributed by atoms with Gasteiger partial charge in [0.2, 0.25) is 5.91 Å². The van der Waals surface area contributed by atoms with Gasteiger partial charge in [0.25, 0.3) is 0 Å². The maximum atomic E-state index is 12.5. The highest BCUT2D eigenvalue weighted by Gasteiger charge is 2.18. The van der Waals surface area contributed by atoms with Crippen LogP contribution in [-0.4, -0.2) is 47.4 Å². The van der Waals surface area contributed by atoms with Crippen molar-refractivity contribution in [2.45, 2.75) is 488 Å². The minimum absolute atomic E-state index is 0.0162. The number of ether oxygens (including phenoxy) is 1. The Morgan fingerprint density at radius 3 is 0.789 bits per heavy atom. The number of aliphatic hydroxyl groups excluding tert-OH is 2. The van der Waals surface area contributed by atoms with E-state index in [9.17, 15) is 19.8 Å². The lowest BCUT2D eigenvalue weighted by molar-refractivity contribution is -0.143. The Labute approximate surface area is 564 Å². The number of aliphatic hydroxyl groups is 2. The summed E-state index contributed by atoms with van der Waals surface area (Å²) in [6.07, 6.45) is 103. The number of allylic oxidation sites excluding steroid dienone is 3. The van der Waals surface area contributed by atoms with E-state index in [2.05, 4.69) is 31.3 Å². The normalized spacial score (nSPS) is 12.5. The van der Waals surface area contributed by atoms with E-state index in [4.69, 9.17) is 4.74 Å². The second kappa shape index (κ2) is 79.8. The summed E-state index contributed by atoms with van der Waals surface area (Å²) in [5, 5.41) is 23.3. The van der Waals surface area contributed by atoms with Crippen LogP contribution in [0.4, 0.5) is 0 Å². The largest absolute Gasteiger partial charge is 0.466 e. The first-order valence-corrected chi connectivity index (χ1v) is 41.6. The van der Waals surface area contributed by atoms with E-state index >= 15 is 0 Å². The molecule has 0 aromatic carbocycles. The van der Waals surface area contributed by atoms with Gasteiger partial charge in [-0.1, -0.05) is 430 Å². The van der Waals surface area contributed by atoms with Crippen LogP contribution in [0, 0.1) is 0 Å². The monoisotopic (exact) mass is 1270 g/mol. The molecule has 0 saturated carbocycles. The molecule has 2 unspecified atom stereocenters. The molecule has 6 heteroatoms. The van der Waals surface area contributed by atoms with Crippen LogP contribution >= 0.6 is 0 Å². The predicted molar refractivity (Wildman–Crippen MR) is 398 cm³/mol. The Kier molecular flexibility index (Phi) is 78.3. The third-order valence-corrected chi connectivity index (χ3v) is 19.7. The number of nitrogens with one attached hydrogen (secondary N) is 1. The smallest absolute Gasteiger partial charge is 0.305 e. The van der Waals surface area contributed by atoms with Gasteiger partial charge in [0, 0.05) is 12.8 Å². The quantitative estimate of drug-likeness (QED) is 0.0320. The first-order chi connectivity index (χ1) is 44.5. The molecular formula is C84H163NO5. The maximum Gasteiger partial charge on any atom is 0.305 e. The van der Waals surface area contributed by atoms with E-state index in [0.29, 0.717) is 19.4 Å². The van der Waals surface area contributed by atoms with Gasteiger partial charge in [-0.05, 0) is 57.8 Å². The molecule has 0 bridgehead atoms. The van der Waals surface area contributed by atoms with Gasteiger partial charge in [-0.25, -0.2) is 0 Å². The SMILES string of the molecule is CCCCCCC/C=C\CCCCCCCC(=O)OCCCCCCCCCCCCCCCCCCCCCCCCCCCCCCCCCCCCCCCCCC(=O)NC(CO)C(O)/C=C/CCCCCCCCCCCCCCCCCCCC. The van der Waals surface area contributed by atoms with Crippen molar-refractivity contribution in [1.82, 2.24) is 5.32 Å². The van der Waals surface area contributed by atoms with Gasteiger partial charge >= 0.3 is 5.97 Å². The summed E-state index contributed by atoms with van der Waals surface area (Å²) in [6.45, 7) is 4.95. The average Bonchev–Trinajstić information content (AvgIpc) is 3.68. The van der Waals surface area contributed by atoms with Crippen LogP contribution in [-0.2, 0) is 14.3 Å². The Morgan fingerprint density at radius 2 is 0.522 bits per heavy atom. The zero-order valence-electron chi connectivity index (χ0n) is 61.4. The highest BCUT2D eigenvalue weighted by atomic mass is 16.5. The van der Waals surface area contributed by atoms with Crippen molar-refractivity contribution in [3.63, 3.8) is 0 Å². The molecule has 2 atom stereocenters. The summed E-state index contributed by atoms with van der Waals surface area (Å²) >= 11 is 0. The number of carbonyl (C=O) groups excluding carboxylic acids is 2. The van der Waals surface area contributed by atoms with Gasteiger partial charge in [-0.3, -0.25) is 9.59 Å². The Morgan fingerprint density at radius 1 is 0.300 bits per heavy atom. The number of rotatable bonds is 79. The fourth-order valence-corrected chi connectivity index (χ4v) is 13.4. The van der Waals surface area contributed by atoms with Crippen LogP contribution in [0.3, 0.4) is 0 Å². The first kappa shape index (κ1) is 88.3. The van der Waals surface area contributed by atoms with Crippen LogP contribution in [0.15, 0.2) is 24.3 Å². The van der Waals surface area contributed by atoms with E-state index in [1.807, 2.05) is 6.08 Å². The minimum atomic E-state index is -0.841. The van der Waals surface area contributed by atoms with E-state index in [0.717, 1.165) is 44.9 Å². The third-order valence-electron chi connectivity index (χ3n) is 19.7. The van der Waals surface area contributed by atoms with Crippen molar-refractivity contribution in [2.75, 3.05) is 13.2 Å². The van der Waals surface area contributed by atoms with Crippen molar-refractivity contribution in [2.24, 2.45) is 0 Å². The lowest BCUT2D eigenvalue weighted by Crippen LogP contribution is -2.45. The molecule has 0 radical (unpaired) electrons. The summed E-state index contributed by atoms with van der Waals surface area (Å²) in [5.74, 6) is -0.0408. The van der Waals surface area contributed by atoms with Gasteiger partial charge in [0.1, 0.15) is 0 Å². The van der Waals surface area contributed by atoms with E-state index in [1.165, 1.54) is 405 Å². The summed E-state index contributed by atoms with van der Waals surface area (Å²) in [5.41, 5.74) is 0. The number of amides is 1. The summed E-state index contributed by atoms with van der Waals surface area (Å²) in [4.78, 5) is 24.6. The molecule has 0 aliphatic rings. The fourth-order valence-electron chi connectivity index (χ4n) is 13.4. The standard InChI is InChI=1S/C84H163NO5/c1-3-5-7-9-11-13-15-17-19-20-21-43-46-49-52-56-60-64-68-72-76-82(87)81(80-86)85-83(88)77-73-69-65-61-57-53-50-47-44-41-39-37-35-33-31-29-27-25-23-22-24-26-28-30-32-34-36-38-40-42-45-48-51-55-59-63-67-71-75-79-90-84(89)78-74-70-66-62-58-54-18-16-14-12-10-8-6-4-2/h16,18,72,76,81-82,86-87H,3-15,17,19-71,73-75,77-80H2,1-2H3,(H,85,88)/b18-16-,76-72+. The topological polar surface area (TPSA) is 95.9 Å². The summed E-state index contributed by atoms with van der Waals surface area (Å²) in [7, 11) is 0. The van der Waals surface area contributed by atoms with Gasteiger partial charge in [0.05, 0.1) is 25.4 Å². The molecule has 0 heterocycles. The van der Waals surface area contributed by atoms with Crippen molar-refractivity contribution < 1.29 is 24.5 Å². The molecule has 0 aromatic heterocycles. The summed E-state index contributed by atoms with van der Waals surface area (Å²) in [6, 6.07) is -0.624. The van der Waals surface area contributed by atoms with Crippen LogP contribution in [0.5, 0.6) is 0 Å². The molecule has 3 N–H and O–H groups in total. The van der Waals surface area contributed by atoms with Crippen molar-refractivity contribution in [3.8, 4) is 0 Å². The molecule has 90 heavy (non-hydrogen) atoms. The molecule has 0 saturated heterocycles. The minimum Gasteiger partial charge on any atom is -0.466 e. The zero-order valence-corrected chi connectivity index (χ0v) is 61.4. The number of unbranched alkanes of at least 4 members (excludes halogenated alkanes) is 66. The first-order valence-electron chi connectivity index (χ1n) is 41.6. The lowest BCUT2D eigenvalue weighted by atomic mass is 10.0. The van der Waals surface area contributed by atoms with Gasteiger partial charge in [-0.2, -0.15) is 0 Å². The van der Waals surface area contributed by atoms with Gasteiger partial charge < -0.3 is 20.3 Å². The van der Waals surface area contributed by atoms with Gasteiger partial charge in [-0.15, -0.1) is 0 Å². The molecule has 6 nitrogen and oxygen atoms in total. The molecule has 0 spiro atoms. The second-order valence-corrected chi connectivity index (χ2v) is 28.8. The van der Waals surface area contributed by atoms with E-state index in [1.54, 1.807) is 6.08 Å². The Hall–Kier alpha value is -1.66. The van der Waals surface area contributed by atoms with Crippen LogP contribution < -0.4 is 5.32 Å². The highest BCUT2D eigenvalue weighted by molar-refractivity contribution is 5.76. The van der Waals surface area contributed by atoms with E-state index < -0.39 is 12.1 Å². The summed E-state index contributed by atoms with van der Waals surface area (Å²) < 4.78 is 5.50. The molecule has 0 aliphatic carbocycles. The molecule has 0 aromatic rings. The van der Waals surface area contributed by atoms with Gasteiger partial charge in [0.15, 0.2) is 0 Å². The van der Waals surface area contributed by atoms with E-state index in [-0.39, 0.29) is 18.5 Å². The Bertz CT molecular complexity index is 1410. The van der Waals surface area contributed by atoms with Crippen LogP contribution in [0.25, 0.3) is 0 Å². The van der Waals surface area contributed by atoms with Crippen molar-refractivity contribution in [1.29, 1.82) is 0 Å². The average molecular weight is 1270 g/mol.